The summed E-state index contributed by atoms with van der Waals surface area (Å²) in [4.78, 5) is 4.33. The van der Waals surface area contributed by atoms with Crippen molar-refractivity contribution in [3.05, 3.63) is 40.0 Å². The van der Waals surface area contributed by atoms with Crippen LogP contribution in [0.4, 0.5) is 0 Å². The Morgan fingerprint density at radius 3 is 2.53 bits per heavy atom. The van der Waals surface area contributed by atoms with Crippen LogP contribution in [0.25, 0.3) is 10.9 Å². The number of hydrogen-bond acceptors (Lipinski definition) is 2. The Morgan fingerprint density at radius 1 is 1.20 bits per heavy atom. The monoisotopic (exact) mass is 220 g/mol. The molecule has 0 aliphatic rings. The standard InChI is InChI=1S/C12H13ClN2/c1-7-3-9-5-10(6-14)12(13)15-11(9)4-8(7)2/h3-5H,6,14H2,1-2H3. The molecule has 2 aromatic rings. The van der Waals surface area contributed by atoms with Gasteiger partial charge in [-0.3, -0.25) is 0 Å². The van der Waals surface area contributed by atoms with E-state index in [4.69, 9.17) is 17.3 Å². The molecular weight excluding hydrogens is 208 g/mol. The zero-order chi connectivity index (χ0) is 11.0. The lowest BCUT2D eigenvalue weighted by Crippen LogP contribution is -1.99. The second-order valence-corrected chi connectivity index (χ2v) is 4.13. The van der Waals surface area contributed by atoms with Crippen LogP contribution in [0.5, 0.6) is 0 Å². The van der Waals surface area contributed by atoms with Crippen molar-refractivity contribution in [2.75, 3.05) is 0 Å². The molecule has 0 radical (unpaired) electrons. The lowest BCUT2D eigenvalue weighted by Gasteiger charge is -2.06. The molecule has 3 heteroatoms. The largest absolute Gasteiger partial charge is 0.326 e. The van der Waals surface area contributed by atoms with Gasteiger partial charge in [0.1, 0.15) is 5.15 Å². The number of pyridine rings is 1. The van der Waals surface area contributed by atoms with Gasteiger partial charge in [-0.1, -0.05) is 11.6 Å². The molecule has 15 heavy (non-hydrogen) atoms. The average Bonchev–Trinajstić information content (AvgIpc) is 2.20. The number of rotatable bonds is 1. The van der Waals surface area contributed by atoms with Crippen LogP contribution in [0.15, 0.2) is 18.2 Å². The molecule has 0 atom stereocenters. The minimum atomic E-state index is 0.425. The van der Waals surface area contributed by atoms with Gasteiger partial charge in [0.2, 0.25) is 0 Å². The lowest BCUT2D eigenvalue weighted by molar-refractivity contribution is 1.06. The molecule has 2 N–H and O–H groups in total. The normalized spacial score (nSPS) is 10.9. The van der Waals surface area contributed by atoms with Crippen LogP contribution >= 0.6 is 11.6 Å². The fraction of sp³-hybridized carbons (Fsp3) is 0.250. The van der Waals surface area contributed by atoms with Crippen LogP contribution < -0.4 is 5.73 Å². The zero-order valence-corrected chi connectivity index (χ0v) is 9.60. The predicted octanol–water partition coefficient (Wildman–Crippen LogP) is 2.96. The van der Waals surface area contributed by atoms with E-state index in [-0.39, 0.29) is 0 Å². The second-order valence-electron chi connectivity index (χ2n) is 3.77. The minimum absolute atomic E-state index is 0.425. The smallest absolute Gasteiger partial charge is 0.134 e. The summed E-state index contributed by atoms with van der Waals surface area (Å²) in [5.41, 5.74) is 9.90. The van der Waals surface area contributed by atoms with Gasteiger partial charge in [-0.2, -0.15) is 0 Å². The number of halogens is 1. The van der Waals surface area contributed by atoms with E-state index < -0.39 is 0 Å². The van der Waals surface area contributed by atoms with Crippen LogP contribution in [0.2, 0.25) is 5.15 Å². The third kappa shape index (κ3) is 1.83. The fourth-order valence-corrected chi connectivity index (χ4v) is 1.83. The molecule has 1 aromatic heterocycles. The maximum atomic E-state index is 6.00. The molecule has 1 aromatic carbocycles. The Kier molecular flexibility index (Phi) is 2.63. The van der Waals surface area contributed by atoms with E-state index >= 15 is 0 Å². The quantitative estimate of drug-likeness (QED) is 0.751. The van der Waals surface area contributed by atoms with E-state index in [0.29, 0.717) is 11.7 Å². The molecule has 0 unspecified atom stereocenters. The zero-order valence-electron chi connectivity index (χ0n) is 8.84. The van der Waals surface area contributed by atoms with Crippen molar-refractivity contribution in [2.45, 2.75) is 20.4 Å². The molecule has 78 valence electrons. The van der Waals surface area contributed by atoms with Crippen molar-refractivity contribution in [1.82, 2.24) is 4.98 Å². The Balaban J connectivity index is 2.76. The summed E-state index contributed by atoms with van der Waals surface area (Å²) in [5.74, 6) is 0. The van der Waals surface area contributed by atoms with Crippen molar-refractivity contribution in [3.8, 4) is 0 Å². The van der Waals surface area contributed by atoms with Gasteiger partial charge in [-0.15, -0.1) is 0 Å². The van der Waals surface area contributed by atoms with E-state index in [1.165, 1.54) is 11.1 Å². The van der Waals surface area contributed by atoms with E-state index in [1.54, 1.807) is 0 Å². The topological polar surface area (TPSA) is 38.9 Å². The summed E-state index contributed by atoms with van der Waals surface area (Å²) in [5, 5.41) is 1.61. The van der Waals surface area contributed by atoms with Gasteiger partial charge in [0.25, 0.3) is 0 Å². The van der Waals surface area contributed by atoms with Crippen molar-refractivity contribution in [1.29, 1.82) is 0 Å². The SMILES string of the molecule is Cc1cc2cc(CN)c(Cl)nc2cc1C. The molecule has 2 rings (SSSR count). The number of aryl methyl sites for hydroxylation is 2. The molecule has 0 aliphatic heterocycles. The number of fused-ring (bicyclic) bond motifs is 1. The first kappa shape index (κ1) is 10.4. The molecule has 0 fully saturated rings. The number of nitrogens with zero attached hydrogens (tertiary/aromatic N) is 1. The van der Waals surface area contributed by atoms with Crippen molar-refractivity contribution in [2.24, 2.45) is 5.73 Å². The van der Waals surface area contributed by atoms with E-state index in [2.05, 4.69) is 31.0 Å². The molecule has 0 amide bonds. The third-order valence-electron chi connectivity index (χ3n) is 2.68. The van der Waals surface area contributed by atoms with Crippen molar-refractivity contribution in [3.63, 3.8) is 0 Å². The van der Waals surface area contributed by atoms with E-state index in [9.17, 15) is 0 Å². The highest BCUT2D eigenvalue weighted by Gasteiger charge is 2.04. The van der Waals surface area contributed by atoms with Crippen molar-refractivity contribution < 1.29 is 0 Å². The highest BCUT2D eigenvalue weighted by Crippen LogP contribution is 2.22. The molecule has 1 heterocycles. The van der Waals surface area contributed by atoms with Crippen LogP contribution in [-0.4, -0.2) is 4.98 Å². The van der Waals surface area contributed by atoms with Crippen LogP contribution in [-0.2, 0) is 6.54 Å². The van der Waals surface area contributed by atoms with E-state index in [1.807, 2.05) is 6.07 Å². The van der Waals surface area contributed by atoms with Gasteiger partial charge < -0.3 is 5.73 Å². The average molecular weight is 221 g/mol. The van der Waals surface area contributed by atoms with Gasteiger partial charge >= 0.3 is 0 Å². The summed E-state index contributed by atoms with van der Waals surface area (Å²) in [6.07, 6.45) is 0. The van der Waals surface area contributed by atoms with Crippen LogP contribution in [0.3, 0.4) is 0 Å². The highest BCUT2D eigenvalue weighted by molar-refractivity contribution is 6.30. The third-order valence-corrected chi connectivity index (χ3v) is 3.00. The number of aromatic nitrogens is 1. The van der Waals surface area contributed by atoms with Crippen LogP contribution in [0, 0.1) is 13.8 Å². The van der Waals surface area contributed by atoms with E-state index in [0.717, 1.165) is 16.5 Å². The summed E-state index contributed by atoms with van der Waals surface area (Å²) < 4.78 is 0. The Labute approximate surface area is 94.1 Å². The number of hydrogen-bond donors (Lipinski definition) is 1. The molecule has 0 saturated carbocycles. The minimum Gasteiger partial charge on any atom is -0.326 e. The summed E-state index contributed by atoms with van der Waals surface area (Å²) in [7, 11) is 0. The molecular formula is C12H13ClN2. The molecule has 2 nitrogen and oxygen atoms in total. The Morgan fingerprint density at radius 2 is 1.87 bits per heavy atom. The van der Waals surface area contributed by atoms with Crippen molar-refractivity contribution >= 4 is 22.5 Å². The predicted molar refractivity (Wildman–Crippen MR) is 64.1 cm³/mol. The maximum Gasteiger partial charge on any atom is 0.134 e. The number of nitrogens with two attached hydrogens (primary N) is 1. The second kappa shape index (κ2) is 3.80. The summed E-state index contributed by atoms with van der Waals surface area (Å²) in [6, 6.07) is 6.18. The first-order valence-corrected chi connectivity index (χ1v) is 5.26. The molecule has 0 aliphatic carbocycles. The van der Waals surface area contributed by atoms with Crippen LogP contribution in [0.1, 0.15) is 16.7 Å². The molecule has 0 saturated heterocycles. The maximum absolute atomic E-state index is 6.00. The molecule has 0 spiro atoms. The van der Waals surface area contributed by atoms with Gasteiger partial charge in [0.15, 0.2) is 0 Å². The highest BCUT2D eigenvalue weighted by atomic mass is 35.5. The summed E-state index contributed by atoms with van der Waals surface area (Å²) in [6.45, 7) is 4.58. The van der Waals surface area contributed by atoms with Gasteiger partial charge in [-0.05, 0) is 43.2 Å². The fourth-order valence-electron chi connectivity index (χ4n) is 1.60. The summed E-state index contributed by atoms with van der Waals surface area (Å²) >= 11 is 6.00. The number of benzene rings is 1. The molecule has 0 bridgehead atoms. The first-order valence-electron chi connectivity index (χ1n) is 4.88. The lowest BCUT2D eigenvalue weighted by atomic mass is 10.1. The Hall–Kier alpha value is -1.12. The Bertz CT molecular complexity index is 521. The van der Waals surface area contributed by atoms with Gasteiger partial charge in [-0.25, -0.2) is 4.98 Å². The van der Waals surface area contributed by atoms with Gasteiger partial charge in [0, 0.05) is 17.5 Å². The first-order chi connectivity index (χ1) is 7.11. The van der Waals surface area contributed by atoms with Gasteiger partial charge in [0.05, 0.1) is 5.52 Å².